The summed E-state index contributed by atoms with van der Waals surface area (Å²) in [5.74, 6) is 0.618. The lowest BCUT2D eigenvalue weighted by Crippen LogP contribution is -2.15. The third kappa shape index (κ3) is 3.98. The van der Waals surface area contributed by atoms with E-state index in [1.54, 1.807) is 49.3 Å². The number of hydrogen-bond acceptors (Lipinski definition) is 5. The van der Waals surface area contributed by atoms with E-state index in [-0.39, 0.29) is 10.5 Å². The number of halogens is 3. The Kier molecular flexibility index (Phi) is 5.30. The zero-order chi connectivity index (χ0) is 23.3. The van der Waals surface area contributed by atoms with Crippen LogP contribution >= 0.6 is 0 Å². The first-order valence-electron chi connectivity index (χ1n) is 9.44. The summed E-state index contributed by atoms with van der Waals surface area (Å²) in [4.78, 5) is 1.66. The molecule has 0 fully saturated rings. The molecule has 10 heteroatoms. The molecule has 3 aromatic rings. The molecule has 32 heavy (non-hydrogen) atoms. The van der Waals surface area contributed by atoms with E-state index in [9.17, 15) is 21.6 Å². The van der Waals surface area contributed by atoms with Crippen LogP contribution in [-0.4, -0.2) is 22.5 Å². The average Bonchev–Trinajstić information content (AvgIpc) is 3.16. The Morgan fingerprint density at radius 2 is 1.66 bits per heavy atom. The van der Waals surface area contributed by atoms with Crippen molar-refractivity contribution in [2.45, 2.75) is 17.4 Å². The number of nitrogens with zero attached hydrogens (tertiary/aromatic N) is 1. The van der Waals surface area contributed by atoms with Crippen LogP contribution in [0.15, 0.2) is 65.6 Å². The Morgan fingerprint density at radius 1 is 0.938 bits per heavy atom. The number of nitrogens with two attached hydrogens (primary N) is 1. The normalized spacial score (nSPS) is 15.6. The fourth-order valence-corrected chi connectivity index (χ4v) is 4.35. The van der Waals surface area contributed by atoms with E-state index in [2.05, 4.69) is 0 Å². The second-order valence-electron chi connectivity index (χ2n) is 7.42. The molecule has 3 aromatic carbocycles. The molecule has 0 saturated heterocycles. The zero-order valence-electron chi connectivity index (χ0n) is 17.1. The van der Waals surface area contributed by atoms with Crippen molar-refractivity contribution < 1.29 is 31.1 Å². The molecular formula is C22H19F3N2O4S. The number of benzene rings is 3. The molecule has 168 valence electrons. The van der Waals surface area contributed by atoms with Gasteiger partial charge in [-0.2, -0.15) is 13.2 Å². The molecule has 2 N–H and O–H groups in total. The van der Waals surface area contributed by atoms with Gasteiger partial charge in [0, 0.05) is 30.8 Å². The third-order valence-electron chi connectivity index (χ3n) is 4.97. The van der Waals surface area contributed by atoms with Gasteiger partial charge < -0.3 is 14.4 Å². The van der Waals surface area contributed by atoms with Gasteiger partial charge in [-0.15, -0.1) is 0 Å². The van der Waals surface area contributed by atoms with E-state index in [0.717, 1.165) is 12.1 Å². The number of sulfonamides is 1. The lowest BCUT2D eigenvalue weighted by molar-refractivity contribution is -0.137. The summed E-state index contributed by atoms with van der Waals surface area (Å²) in [5, 5.41) is 5.39. The van der Waals surface area contributed by atoms with Crippen LogP contribution < -0.4 is 19.5 Å². The van der Waals surface area contributed by atoms with Crippen LogP contribution in [-0.2, 0) is 16.2 Å². The van der Waals surface area contributed by atoms with Crippen molar-refractivity contribution in [1.82, 2.24) is 0 Å². The largest absolute Gasteiger partial charge is 0.447 e. The highest BCUT2D eigenvalue weighted by molar-refractivity contribution is 7.89. The second kappa shape index (κ2) is 7.72. The van der Waals surface area contributed by atoms with Crippen molar-refractivity contribution in [3.8, 4) is 22.6 Å². The molecular weight excluding hydrogens is 445 g/mol. The summed E-state index contributed by atoms with van der Waals surface area (Å²) in [7, 11) is -0.536. The molecule has 0 aromatic heterocycles. The Morgan fingerprint density at radius 3 is 2.31 bits per heavy atom. The molecule has 1 atom stereocenters. The highest BCUT2D eigenvalue weighted by Crippen LogP contribution is 2.51. The monoisotopic (exact) mass is 464 g/mol. The van der Waals surface area contributed by atoms with Gasteiger partial charge in [-0.25, -0.2) is 13.6 Å². The van der Waals surface area contributed by atoms with E-state index in [1.807, 2.05) is 0 Å². The van der Waals surface area contributed by atoms with E-state index in [4.69, 9.17) is 14.6 Å². The van der Waals surface area contributed by atoms with Crippen LogP contribution in [0.1, 0.15) is 17.4 Å². The first-order chi connectivity index (χ1) is 15.0. The predicted octanol–water partition coefficient (Wildman–Crippen LogP) is 4.56. The quantitative estimate of drug-likeness (QED) is 0.612. The summed E-state index contributed by atoms with van der Waals surface area (Å²) in [6, 6.07) is 14.2. The molecule has 0 bridgehead atoms. The highest BCUT2D eigenvalue weighted by atomic mass is 32.2. The van der Waals surface area contributed by atoms with Crippen molar-refractivity contribution >= 4 is 15.7 Å². The molecule has 0 amide bonds. The van der Waals surface area contributed by atoms with Gasteiger partial charge in [-0.05, 0) is 30.3 Å². The van der Waals surface area contributed by atoms with E-state index in [1.165, 1.54) is 18.2 Å². The predicted molar refractivity (Wildman–Crippen MR) is 113 cm³/mol. The standard InChI is InChI=1S/C22H19F3N2O4S/c1-27(2)19-16(15-8-3-4-9-18(15)32(26,28)29)10-11-17-20(19)31-21(30-17)13-6-5-7-14(12-13)22(23,24)25/h3-12,21H,1-2H3,(H2,26,28,29). The van der Waals surface area contributed by atoms with Gasteiger partial charge in [0.1, 0.15) is 0 Å². The highest BCUT2D eigenvalue weighted by Gasteiger charge is 2.35. The van der Waals surface area contributed by atoms with E-state index >= 15 is 0 Å². The number of anilines is 1. The van der Waals surface area contributed by atoms with Crippen LogP contribution in [0.4, 0.5) is 18.9 Å². The van der Waals surface area contributed by atoms with Gasteiger partial charge in [-0.3, -0.25) is 0 Å². The van der Waals surface area contributed by atoms with Crippen LogP contribution in [0.25, 0.3) is 11.1 Å². The lowest BCUT2D eigenvalue weighted by Gasteiger charge is -2.21. The van der Waals surface area contributed by atoms with Crippen LogP contribution in [0.5, 0.6) is 11.5 Å². The fourth-order valence-electron chi connectivity index (χ4n) is 3.60. The molecule has 4 rings (SSSR count). The number of rotatable bonds is 4. The van der Waals surface area contributed by atoms with Gasteiger partial charge in [0.2, 0.25) is 10.0 Å². The van der Waals surface area contributed by atoms with Crippen molar-refractivity contribution in [2.75, 3.05) is 19.0 Å². The fraction of sp³-hybridized carbons (Fsp3) is 0.182. The first-order valence-corrected chi connectivity index (χ1v) is 11.0. The van der Waals surface area contributed by atoms with Gasteiger partial charge in [-0.1, -0.05) is 30.3 Å². The Bertz CT molecular complexity index is 1290. The molecule has 0 spiro atoms. The van der Waals surface area contributed by atoms with Crippen LogP contribution in [0, 0.1) is 0 Å². The maximum atomic E-state index is 13.1. The minimum absolute atomic E-state index is 0.0589. The number of fused-ring (bicyclic) bond motifs is 1. The SMILES string of the molecule is CN(C)c1c(-c2ccccc2S(N)(=O)=O)ccc2c1OC(c1cccc(C(F)(F)F)c1)O2. The summed E-state index contributed by atoms with van der Waals surface area (Å²) in [6.45, 7) is 0. The average molecular weight is 464 g/mol. The van der Waals surface area contributed by atoms with Gasteiger partial charge in [0.15, 0.2) is 11.5 Å². The minimum Gasteiger partial charge on any atom is -0.447 e. The summed E-state index contributed by atoms with van der Waals surface area (Å²) >= 11 is 0. The van der Waals surface area contributed by atoms with Gasteiger partial charge in [0.25, 0.3) is 6.29 Å². The molecule has 1 aliphatic rings. The molecule has 0 aliphatic carbocycles. The minimum atomic E-state index is -4.50. The van der Waals surface area contributed by atoms with Crippen LogP contribution in [0.3, 0.4) is 0 Å². The molecule has 1 unspecified atom stereocenters. The smallest absolute Gasteiger partial charge is 0.416 e. The molecule has 1 heterocycles. The number of primary sulfonamides is 1. The van der Waals surface area contributed by atoms with Crippen molar-refractivity contribution in [3.05, 3.63) is 71.8 Å². The third-order valence-corrected chi connectivity index (χ3v) is 5.94. The number of alkyl halides is 3. The maximum absolute atomic E-state index is 13.1. The number of hydrogen-bond donors (Lipinski definition) is 1. The summed E-state index contributed by atoms with van der Waals surface area (Å²) in [6.07, 6.45) is -5.59. The zero-order valence-corrected chi connectivity index (χ0v) is 17.9. The summed E-state index contributed by atoms with van der Waals surface area (Å²) < 4.78 is 75.3. The Balaban J connectivity index is 1.81. The van der Waals surface area contributed by atoms with Gasteiger partial charge >= 0.3 is 6.18 Å². The Hall–Kier alpha value is -3.24. The van der Waals surface area contributed by atoms with E-state index < -0.39 is 28.1 Å². The molecule has 0 radical (unpaired) electrons. The molecule has 0 saturated carbocycles. The lowest BCUT2D eigenvalue weighted by atomic mass is 10.0. The molecule has 6 nitrogen and oxygen atoms in total. The topological polar surface area (TPSA) is 81.9 Å². The summed E-state index contributed by atoms with van der Waals surface area (Å²) in [5.41, 5.74) is 0.785. The van der Waals surface area contributed by atoms with Crippen molar-refractivity contribution in [3.63, 3.8) is 0 Å². The van der Waals surface area contributed by atoms with Crippen molar-refractivity contribution in [2.24, 2.45) is 5.14 Å². The number of ether oxygens (including phenoxy) is 2. The van der Waals surface area contributed by atoms with Gasteiger partial charge in [0.05, 0.1) is 16.1 Å². The Labute approximate surface area is 183 Å². The second-order valence-corrected chi connectivity index (χ2v) is 8.95. The maximum Gasteiger partial charge on any atom is 0.416 e. The van der Waals surface area contributed by atoms with Crippen LogP contribution in [0.2, 0.25) is 0 Å². The van der Waals surface area contributed by atoms with Crippen molar-refractivity contribution in [1.29, 1.82) is 0 Å². The van der Waals surface area contributed by atoms with E-state index in [0.29, 0.717) is 28.3 Å². The first kappa shape index (κ1) is 22.0. The molecule has 1 aliphatic heterocycles.